The standard InChI is InChI=1S/C21H24N4O3S2/c1-13-6-5-7-14(2)19(13)23-20-24-25-21(30-20)29-12-18(26)22-11-15-8-9-16(27-3)17(10-15)28-4/h5-10H,11-12H2,1-4H3,(H,22,26)(H,23,24). The number of hydrogen-bond donors (Lipinski definition) is 2. The molecule has 1 heterocycles. The zero-order valence-corrected chi connectivity index (χ0v) is 18.9. The number of carbonyl (C=O) groups is 1. The Labute approximate surface area is 184 Å². The largest absolute Gasteiger partial charge is 0.493 e. The van der Waals surface area contributed by atoms with Crippen LogP contribution in [0.2, 0.25) is 0 Å². The summed E-state index contributed by atoms with van der Waals surface area (Å²) in [6.45, 7) is 4.51. The van der Waals surface area contributed by atoms with E-state index < -0.39 is 0 Å². The number of aromatic nitrogens is 2. The summed E-state index contributed by atoms with van der Waals surface area (Å²) in [6.07, 6.45) is 0. The average molecular weight is 445 g/mol. The van der Waals surface area contributed by atoms with E-state index in [9.17, 15) is 4.79 Å². The number of anilines is 2. The van der Waals surface area contributed by atoms with Crippen molar-refractivity contribution in [2.75, 3.05) is 25.3 Å². The number of hydrogen-bond acceptors (Lipinski definition) is 8. The molecule has 2 aromatic carbocycles. The molecule has 1 amide bonds. The lowest BCUT2D eigenvalue weighted by molar-refractivity contribution is -0.118. The van der Waals surface area contributed by atoms with Gasteiger partial charge in [-0.2, -0.15) is 0 Å². The smallest absolute Gasteiger partial charge is 0.230 e. The number of thioether (sulfide) groups is 1. The Hall–Kier alpha value is -2.78. The predicted octanol–water partition coefficient (Wildman–Crippen LogP) is 4.32. The third kappa shape index (κ3) is 5.64. The van der Waals surface area contributed by atoms with Crippen LogP contribution in [0.1, 0.15) is 16.7 Å². The van der Waals surface area contributed by atoms with Crippen LogP contribution in [0.4, 0.5) is 10.8 Å². The molecular weight excluding hydrogens is 420 g/mol. The maximum absolute atomic E-state index is 12.2. The van der Waals surface area contributed by atoms with Crippen molar-refractivity contribution in [2.45, 2.75) is 24.7 Å². The number of nitrogens with zero attached hydrogens (tertiary/aromatic N) is 2. The predicted molar refractivity (Wildman–Crippen MR) is 121 cm³/mol. The first-order valence-corrected chi connectivity index (χ1v) is 11.1. The van der Waals surface area contributed by atoms with Crippen LogP contribution in [0.25, 0.3) is 0 Å². The first-order valence-electron chi connectivity index (χ1n) is 9.27. The molecule has 0 atom stereocenters. The van der Waals surface area contributed by atoms with Crippen molar-refractivity contribution in [1.29, 1.82) is 0 Å². The molecule has 30 heavy (non-hydrogen) atoms. The molecule has 3 aromatic rings. The third-order valence-electron chi connectivity index (χ3n) is 4.38. The van der Waals surface area contributed by atoms with E-state index in [0.717, 1.165) is 26.7 Å². The molecule has 0 fully saturated rings. The van der Waals surface area contributed by atoms with E-state index in [2.05, 4.69) is 46.8 Å². The van der Waals surface area contributed by atoms with Gasteiger partial charge in [-0.15, -0.1) is 10.2 Å². The van der Waals surface area contributed by atoms with Gasteiger partial charge in [0.25, 0.3) is 0 Å². The van der Waals surface area contributed by atoms with Gasteiger partial charge in [0, 0.05) is 12.2 Å². The third-order valence-corrected chi connectivity index (χ3v) is 6.36. The van der Waals surface area contributed by atoms with Crippen LogP contribution in [0.15, 0.2) is 40.7 Å². The van der Waals surface area contributed by atoms with Crippen LogP contribution >= 0.6 is 23.1 Å². The Kier molecular flexibility index (Phi) is 7.53. The van der Waals surface area contributed by atoms with Gasteiger partial charge in [0.15, 0.2) is 15.8 Å². The zero-order chi connectivity index (χ0) is 21.5. The minimum absolute atomic E-state index is 0.0748. The lowest BCUT2D eigenvalue weighted by Gasteiger charge is -2.10. The number of ether oxygens (including phenoxy) is 2. The summed E-state index contributed by atoms with van der Waals surface area (Å²) >= 11 is 2.80. The number of rotatable bonds is 9. The summed E-state index contributed by atoms with van der Waals surface area (Å²) in [5, 5.41) is 15.3. The van der Waals surface area contributed by atoms with Crippen LogP contribution in [-0.4, -0.2) is 36.1 Å². The number of aryl methyl sites for hydroxylation is 2. The molecule has 1 aromatic heterocycles. The Morgan fingerprint density at radius 2 is 1.80 bits per heavy atom. The van der Waals surface area contributed by atoms with Gasteiger partial charge in [0.05, 0.1) is 20.0 Å². The fourth-order valence-electron chi connectivity index (χ4n) is 2.81. The van der Waals surface area contributed by atoms with Gasteiger partial charge in [-0.25, -0.2) is 0 Å². The molecular formula is C21H24N4O3S2. The van der Waals surface area contributed by atoms with Gasteiger partial charge < -0.3 is 20.1 Å². The first kappa shape index (κ1) is 21.9. The van der Waals surface area contributed by atoms with Gasteiger partial charge in [-0.05, 0) is 42.7 Å². The molecule has 0 saturated heterocycles. The minimum atomic E-state index is -0.0748. The van der Waals surface area contributed by atoms with Gasteiger partial charge >= 0.3 is 0 Å². The number of amides is 1. The first-order chi connectivity index (χ1) is 14.5. The van der Waals surface area contributed by atoms with Crippen molar-refractivity contribution in [3.05, 3.63) is 53.1 Å². The van der Waals surface area contributed by atoms with Crippen molar-refractivity contribution in [3.63, 3.8) is 0 Å². The summed E-state index contributed by atoms with van der Waals surface area (Å²) in [6, 6.07) is 11.7. The van der Waals surface area contributed by atoms with Crippen molar-refractivity contribution in [3.8, 4) is 11.5 Å². The maximum atomic E-state index is 12.2. The Morgan fingerprint density at radius 3 is 2.50 bits per heavy atom. The number of carbonyl (C=O) groups excluding carboxylic acids is 1. The summed E-state index contributed by atoms with van der Waals surface area (Å²) in [7, 11) is 3.18. The van der Waals surface area contributed by atoms with Gasteiger partial charge in [0.1, 0.15) is 0 Å². The molecule has 0 spiro atoms. The molecule has 158 valence electrons. The molecule has 3 rings (SSSR count). The van der Waals surface area contributed by atoms with E-state index in [1.807, 2.05) is 24.3 Å². The van der Waals surface area contributed by atoms with Crippen molar-refractivity contribution >= 4 is 39.8 Å². The second-order valence-corrected chi connectivity index (χ2v) is 8.72. The molecule has 0 aliphatic carbocycles. The number of nitrogens with one attached hydrogen (secondary N) is 2. The molecule has 0 aliphatic rings. The second-order valence-electron chi connectivity index (χ2n) is 6.52. The summed E-state index contributed by atoms with van der Waals surface area (Å²) < 4.78 is 11.3. The highest BCUT2D eigenvalue weighted by molar-refractivity contribution is 8.01. The van der Waals surface area contributed by atoms with E-state index in [-0.39, 0.29) is 11.7 Å². The van der Waals surface area contributed by atoms with Crippen LogP contribution in [0.5, 0.6) is 11.5 Å². The number of para-hydroxylation sites is 1. The normalized spacial score (nSPS) is 10.5. The minimum Gasteiger partial charge on any atom is -0.493 e. The van der Waals surface area contributed by atoms with E-state index in [1.54, 1.807) is 14.2 Å². The fourth-order valence-corrected chi connectivity index (χ4v) is 4.39. The Bertz CT molecular complexity index is 1000. The quantitative estimate of drug-likeness (QED) is 0.475. The highest BCUT2D eigenvalue weighted by Gasteiger charge is 2.11. The molecule has 0 unspecified atom stereocenters. The lowest BCUT2D eigenvalue weighted by Crippen LogP contribution is -2.24. The van der Waals surface area contributed by atoms with E-state index in [1.165, 1.54) is 23.1 Å². The second kappa shape index (κ2) is 10.3. The summed E-state index contributed by atoms with van der Waals surface area (Å²) in [5.41, 5.74) is 4.27. The van der Waals surface area contributed by atoms with Gasteiger partial charge in [-0.3, -0.25) is 4.79 Å². The number of methoxy groups -OCH3 is 2. The Morgan fingerprint density at radius 1 is 1.07 bits per heavy atom. The zero-order valence-electron chi connectivity index (χ0n) is 17.3. The van der Waals surface area contributed by atoms with Gasteiger partial charge in [-0.1, -0.05) is 47.4 Å². The van der Waals surface area contributed by atoms with Crippen LogP contribution in [0.3, 0.4) is 0 Å². The molecule has 0 saturated carbocycles. The van der Waals surface area contributed by atoms with Crippen LogP contribution in [0, 0.1) is 13.8 Å². The molecule has 0 radical (unpaired) electrons. The molecule has 7 nitrogen and oxygen atoms in total. The molecule has 9 heteroatoms. The average Bonchev–Trinajstić information content (AvgIpc) is 3.20. The monoisotopic (exact) mass is 444 g/mol. The topological polar surface area (TPSA) is 85.4 Å². The van der Waals surface area contributed by atoms with E-state index in [0.29, 0.717) is 23.2 Å². The molecule has 0 aliphatic heterocycles. The fraction of sp³-hybridized carbons (Fsp3) is 0.286. The summed E-state index contributed by atoms with van der Waals surface area (Å²) in [5.74, 6) is 1.49. The Balaban J connectivity index is 1.50. The SMILES string of the molecule is COc1ccc(CNC(=O)CSc2nnc(Nc3c(C)cccc3C)s2)cc1OC. The summed E-state index contributed by atoms with van der Waals surface area (Å²) in [4.78, 5) is 12.2. The highest BCUT2D eigenvalue weighted by atomic mass is 32.2. The van der Waals surface area contributed by atoms with E-state index >= 15 is 0 Å². The van der Waals surface area contributed by atoms with E-state index in [4.69, 9.17) is 9.47 Å². The van der Waals surface area contributed by atoms with Crippen molar-refractivity contribution < 1.29 is 14.3 Å². The van der Waals surface area contributed by atoms with Crippen molar-refractivity contribution in [2.24, 2.45) is 0 Å². The lowest BCUT2D eigenvalue weighted by atomic mass is 10.1. The molecule has 2 N–H and O–H groups in total. The highest BCUT2D eigenvalue weighted by Crippen LogP contribution is 2.30. The van der Waals surface area contributed by atoms with Gasteiger partial charge in [0.2, 0.25) is 11.0 Å². The van der Waals surface area contributed by atoms with Crippen LogP contribution in [-0.2, 0) is 11.3 Å². The van der Waals surface area contributed by atoms with Crippen LogP contribution < -0.4 is 20.1 Å². The molecule has 0 bridgehead atoms. The maximum Gasteiger partial charge on any atom is 0.230 e. The van der Waals surface area contributed by atoms with Crippen molar-refractivity contribution in [1.82, 2.24) is 15.5 Å². The number of benzene rings is 2.